The molecule has 0 fully saturated rings. The Morgan fingerprint density at radius 1 is 0.784 bits per heavy atom. The zero-order valence-electron chi connectivity index (χ0n) is 22.1. The van der Waals surface area contributed by atoms with Gasteiger partial charge in [-0.2, -0.15) is 0 Å². The van der Waals surface area contributed by atoms with Crippen LogP contribution in [-0.4, -0.2) is 61.8 Å². The van der Waals surface area contributed by atoms with Crippen molar-refractivity contribution in [1.82, 2.24) is 19.9 Å². The number of esters is 1. The van der Waals surface area contributed by atoms with Crippen LogP contribution in [0.25, 0.3) is 22.5 Å². The number of aliphatic hydroxyl groups is 1. The first-order chi connectivity index (χ1) is 16.7. The number of imidazole rings is 2. The number of nitrogens with one attached hydrogen (secondary N) is 2. The molecule has 0 saturated heterocycles. The summed E-state index contributed by atoms with van der Waals surface area (Å²) in [5.41, 5.74) is 6.53. The molecular formula is C26H31N4NaO6. The van der Waals surface area contributed by atoms with Gasteiger partial charge in [0.25, 0.3) is 0 Å². The molecule has 0 aliphatic carbocycles. The Labute approximate surface area is 237 Å². The van der Waals surface area contributed by atoms with Gasteiger partial charge in [0, 0.05) is 18.2 Å². The average molecular weight is 519 g/mol. The zero-order chi connectivity index (χ0) is 26.1. The Morgan fingerprint density at radius 3 is 1.54 bits per heavy atom. The molecule has 0 aliphatic heterocycles. The number of rotatable bonds is 4. The second-order valence-electron chi connectivity index (χ2n) is 7.62. The van der Waals surface area contributed by atoms with E-state index in [1.807, 2.05) is 39.8 Å². The predicted octanol–water partition coefficient (Wildman–Crippen LogP) is 1.31. The molecule has 11 heteroatoms. The van der Waals surface area contributed by atoms with E-state index in [2.05, 4.69) is 19.9 Å². The van der Waals surface area contributed by atoms with Gasteiger partial charge in [-0.3, -0.25) is 0 Å². The molecule has 0 radical (unpaired) electrons. The minimum Gasteiger partial charge on any atom is -0.870 e. The first-order valence-corrected chi connectivity index (χ1v) is 10.7. The number of H-pyrrole nitrogens is 2. The first kappa shape index (κ1) is 33.7. The predicted molar refractivity (Wildman–Crippen MR) is 135 cm³/mol. The number of aromatic carboxylic acids is 1. The van der Waals surface area contributed by atoms with E-state index in [4.69, 9.17) is 14.9 Å². The first-order valence-electron chi connectivity index (χ1n) is 10.7. The summed E-state index contributed by atoms with van der Waals surface area (Å²) in [7, 11) is 2.38. The van der Waals surface area contributed by atoms with Gasteiger partial charge in [-0.1, -0.05) is 12.1 Å². The van der Waals surface area contributed by atoms with Gasteiger partial charge >= 0.3 is 41.5 Å². The minimum atomic E-state index is -0.919. The molecule has 0 atom stereocenters. The van der Waals surface area contributed by atoms with Crippen LogP contribution < -0.4 is 29.6 Å². The number of hydrogen-bond acceptors (Lipinski definition) is 7. The van der Waals surface area contributed by atoms with Crippen LogP contribution in [-0.2, 0) is 4.74 Å². The Morgan fingerprint density at radius 2 is 1.19 bits per heavy atom. The van der Waals surface area contributed by atoms with Crippen molar-refractivity contribution in [2.24, 2.45) is 0 Å². The quantitative estimate of drug-likeness (QED) is 0.231. The van der Waals surface area contributed by atoms with Crippen molar-refractivity contribution in [2.45, 2.75) is 27.7 Å². The fourth-order valence-corrected chi connectivity index (χ4v) is 3.32. The summed E-state index contributed by atoms with van der Waals surface area (Å²) >= 11 is 0. The smallest absolute Gasteiger partial charge is 0.870 e. The van der Waals surface area contributed by atoms with Gasteiger partial charge in [-0.05, 0) is 63.1 Å². The number of methoxy groups -OCH3 is 1. The number of aliphatic hydroxyl groups excluding tert-OH is 1. The van der Waals surface area contributed by atoms with Gasteiger partial charge in [-0.25, -0.2) is 19.6 Å². The van der Waals surface area contributed by atoms with E-state index in [0.29, 0.717) is 5.56 Å². The fourth-order valence-electron chi connectivity index (χ4n) is 3.32. The SMILES string of the molecule is CO.COC(=O)c1ccc(C)c(-c2cnc(C)[nH]2)c1.Cc1ncc(-c2cc(C(=O)O)ccc2C)[nH]1.[Na+].[OH-]. The van der Waals surface area contributed by atoms with Gasteiger partial charge < -0.3 is 30.4 Å². The molecule has 192 valence electrons. The van der Waals surface area contributed by atoms with E-state index < -0.39 is 5.97 Å². The monoisotopic (exact) mass is 518 g/mol. The van der Waals surface area contributed by atoms with Gasteiger partial charge in [0.2, 0.25) is 0 Å². The van der Waals surface area contributed by atoms with E-state index in [9.17, 15) is 9.59 Å². The van der Waals surface area contributed by atoms with Gasteiger partial charge in [0.1, 0.15) is 11.6 Å². The number of carboxylic acid groups (broad SMARTS) is 1. The Hall–Kier alpha value is -3.28. The number of aromatic amines is 2. The normalized spacial score (nSPS) is 9.38. The molecule has 4 aromatic rings. The van der Waals surface area contributed by atoms with Gasteiger partial charge in [0.05, 0.1) is 42.0 Å². The fraction of sp³-hybridized carbons (Fsp3) is 0.231. The Balaban J connectivity index is 0.000000626. The van der Waals surface area contributed by atoms with Crippen molar-refractivity contribution in [2.75, 3.05) is 14.2 Å². The second-order valence-corrected chi connectivity index (χ2v) is 7.62. The largest absolute Gasteiger partial charge is 1.00 e. The molecule has 5 N–H and O–H groups in total. The molecule has 2 aromatic carbocycles. The van der Waals surface area contributed by atoms with Gasteiger partial charge in [0.15, 0.2) is 0 Å². The van der Waals surface area contributed by atoms with Crippen molar-refractivity contribution >= 4 is 11.9 Å². The van der Waals surface area contributed by atoms with Crippen LogP contribution in [0.1, 0.15) is 43.5 Å². The van der Waals surface area contributed by atoms with Crippen molar-refractivity contribution < 1.29 is 59.6 Å². The van der Waals surface area contributed by atoms with E-state index >= 15 is 0 Å². The van der Waals surface area contributed by atoms with Crippen molar-refractivity contribution in [3.63, 3.8) is 0 Å². The molecule has 0 saturated carbocycles. The van der Waals surface area contributed by atoms with Crippen LogP contribution in [0.2, 0.25) is 0 Å². The minimum absolute atomic E-state index is 0. The van der Waals surface area contributed by atoms with E-state index in [0.717, 1.165) is 52.4 Å². The molecule has 0 amide bonds. The number of ether oxygens (including phenoxy) is 1. The van der Waals surface area contributed by atoms with E-state index in [-0.39, 0.29) is 46.6 Å². The third kappa shape index (κ3) is 8.96. The van der Waals surface area contributed by atoms with Crippen LogP contribution in [0, 0.1) is 27.7 Å². The van der Waals surface area contributed by atoms with E-state index in [1.165, 1.54) is 7.11 Å². The number of carbonyl (C=O) groups excluding carboxylic acids is 1. The van der Waals surface area contributed by atoms with Crippen LogP contribution in [0.3, 0.4) is 0 Å². The molecule has 2 heterocycles. The molecule has 0 aliphatic rings. The number of aryl methyl sites for hydroxylation is 4. The number of carboxylic acids is 1. The molecule has 0 unspecified atom stereocenters. The summed E-state index contributed by atoms with van der Waals surface area (Å²) in [5.74, 6) is 0.415. The summed E-state index contributed by atoms with van der Waals surface area (Å²) in [5, 5.41) is 15.9. The summed E-state index contributed by atoms with van der Waals surface area (Å²) in [6.45, 7) is 7.69. The van der Waals surface area contributed by atoms with Crippen LogP contribution in [0.5, 0.6) is 0 Å². The average Bonchev–Trinajstić information content (AvgIpc) is 3.48. The summed E-state index contributed by atoms with van der Waals surface area (Å²) in [6.07, 6.45) is 3.47. The standard InChI is InChI=1S/C13H14N2O2.C12H12N2O2.CH4O.Na.H2O/c1-8-4-5-10(13(16)17-3)6-11(8)12-7-14-9(2)15-12;1-7-3-4-9(12(15)16)5-10(7)11-6-13-8(2)14-11;1-2;;/h4-7H,1-3H3,(H,14,15);3-6H,1-2H3,(H,13,14)(H,15,16);2H,1H3;;1H2/q;;;+1;/p-1. The maximum atomic E-state index is 11.5. The maximum absolute atomic E-state index is 11.5. The zero-order valence-corrected chi connectivity index (χ0v) is 24.1. The van der Waals surface area contributed by atoms with Crippen molar-refractivity contribution in [1.29, 1.82) is 0 Å². The summed E-state index contributed by atoms with van der Waals surface area (Å²) in [6, 6.07) is 10.5. The topological polar surface area (TPSA) is 171 Å². The third-order valence-corrected chi connectivity index (χ3v) is 5.13. The number of nitrogens with zero attached hydrogens (tertiary/aromatic N) is 2. The number of carbonyl (C=O) groups is 2. The third-order valence-electron chi connectivity index (χ3n) is 5.13. The van der Waals surface area contributed by atoms with Crippen molar-refractivity contribution in [3.8, 4) is 22.5 Å². The number of aromatic nitrogens is 4. The van der Waals surface area contributed by atoms with E-state index in [1.54, 1.807) is 36.7 Å². The van der Waals surface area contributed by atoms with Crippen LogP contribution in [0.15, 0.2) is 48.8 Å². The summed E-state index contributed by atoms with van der Waals surface area (Å²) in [4.78, 5) is 36.9. The maximum Gasteiger partial charge on any atom is 1.00 e. The molecule has 2 aromatic heterocycles. The van der Waals surface area contributed by atoms with Gasteiger partial charge in [-0.15, -0.1) is 0 Å². The molecule has 10 nitrogen and oxygen atoms in total. The molecule has 4 rings (SSSR count). The Kier molecular flexibility index (Phi) is 14.4. The van der Waals surface area contributed by atoms with Crippen LogP contribution >= 0.6 is 0 Å². The van der Waals surface area contributed by atoms with Crippen molar-refractivity contribution in [3.05, 3.63) is 82.7 Å². The number of benzene rings is 2. The van der Waals surface area contributed by atoms with Crippen LogP contribution in [0.4, 0.5) is 0 Å². The number of hydrogen-bond donors (Lipinski definition) is 4. The second kappa shape index (κ2) is 15.7. The molecule has 0 bridgehead atoms. The molecule has 0 spiro atoms. The molecule has 37 heavy (non-hydrogen) atoms. The molecular weight excluding hydrogens is 487 g/mol. The Bertz CT molecular complexity index is 1320. The summed E-state index contributed by atoms with van der Waals surface area (Å²) < 4.78 is 4.71.